The lowest BCUT2D eigenvalue weighted by molar-refractivity contribution is 0.263. The molecule has 2 unspecified atom stereocenters. The van der Waals surface area contributed by atoms with Crippen LogP contribution in [0.4, 0.5) is 4.39 Å². The van der Waals surface area contributed by atoms with Crippen LogP contribution in [-0.4, -0.2) is 16.7 Å². The molecule has 1 N–H and O–H groups in total. The van der Waals surface area contributed by atoms with Gasteiger partial charge in [0.15, 0.2) is 16.3 Å². The van der Waals surface area contributed by atoms with E-state index in [1.807, 2.05) is 0 Å². The van der Waals surface area contributed by atoms with Crippen LogP contribution in [0.2, 0.25) is 0 Å². The zero-order chi connectivity index (χ0) is 15.0. The molecule has 1 heterocycles. The number of fused-ring (bicyclic) bond motifs is 1. The Bertz CT molecular complexity index is 706. The minimum Gasteiger partial charge on any atom is -0.494 e. The van der Waals surface area contributed by atoms with Gasteiger partial charge in [0.05, 0.1) is 18.1 Å². The molecule has 1 aliphatic carbocycles. The first-order valence-electron chi connectivity index (χ1n) is 7.61. The van der Waals surface area contributed by atoms with Crippen LogP contribution < -0.4 is 4.74 Å². The Labute approximate surface area is 129 Å². The highest BCUT2D eigenvalue weighted by Crippen LogP contribution is 2.37. The van der Waals surface area contributed by atoms with Gasteiger partial charge in [0, 0.05) is 18.2 Å². The zero-order valence-corrected chi connectivity index (χ0v) is 13.3. The van der Waals surface area contributed by atoms with Crippen molar-refractivity contribution in [3.05, 3.63) is 22.7 Å². The number of methoxy groups -OCH3 is 1. The molecule has 0 spiro atoms. The number of imidazole rings is 1. The summed E-state index contributed by atoms with van der Waals surface area (Å²) in [6.07, 6.45) is 6.04. The molecule has 0 amide bonds. The Kier molecular flexibility index (Phi) is 4.02. The highest BCUT2D eigenvalue weighted by atomic mass is 32.1. The maximum Gasteiger partial charge on any atom is 0.178 e. The second kappa shape index (κ2) is 5.79. The van der Waals surface area contributed by atoms with Crippen LogP contribution in [-0.2, 0) is 0 Å². The van der Waals surface area contributed by atoms with E-state index >= 15 is 0 Å². The van der Waals surface area contributed by atoms with Gasteiger partial charge in [-0.1, -0.05) is 26.2 Å². The van der Waals surface area contributed by atoms with E-state index in [1.54, 1.807) is 6.07 Å². The second-order valence-corrected chi connectivity index (χ2v) is 6.29. The van der Waals surface area contributed by atoms with E-state index in [-0.39, 0.29) is 11.6 Å². The molecule has 1 fully saturated rings. The summed E-state index contributed by atoms with van der Waals surface area (Å²) in [7, 11) is 1.49. The molecular weight excluding hydrogens is 287 g/mol. The first kappa shape index (κ1) is 14.6. The molecule has 0 radical (unpaired) electrons. The van der Waals surface area contributed by atoms with Gasteiger partial charge in [-0.05, 0) is 31.0 Å². The fraction of sp³-hybridized carbons (Fsp3) is 0.562. The Morgan fingerprint density at radius 2 is 2.24 bits per heavy atom. The molecule has 3 nitrogen and oxygen atoms in total. The van der Waals surface area contributed by atoms with Crippen molar-refractivity contribution >= 4 is 23.3 Å². The van der Waals surface area contributed by atoms with Gasteiger partial charge in [0.2, 0.25) is 0 Å². The average Bonchev–Trinajstić information content (AvgIpc) is 2.81. The van der Waals surface area contributed by atoms with Crippen molar-refractivity contribution in [2.24, 2.45) is 5.92 Å². The van der Waals surface area contributed by atoms with Gasteiger partial charge in [-0.3, -0.25) is 0 Å². The number of nitrogens with one attached hydrogen (secondary N) is 1. The molecule has 1 saturated carbocycles. The number of aromatic nitrogens is 2. The molecular formula is C16H21FN2OS. The highest BCUT2D eigenvalue weighted by molar-refractivity contribution is 7.71. The van der Waals surface area contributed by atoms with Gasteiger partial charge >= 0.3 is 0 Å². The predicted molar refractivity (Wildman–Crippen MR) is 84.9 cm³/mol. The summed E-state index contributed by atoms with van der Waals surface area (Å²) in [5.74, 6) is 0.675. The standard InChI is InChI=1S/C16H21FN2OS/c1-3-10-5-4-6-11(7-10)19-14-9-15(20-2)12(17)8-13(14)18-16(19)21/h8-11H,3-7H2,1-2H3,(H,18,21). The van der Waals surface area contributed by atoms with Crippen molar-refractivity contribution in [3.63, 3.8) is 0 Å². The second-order valence-electron chi connectivity index (χ2n) is 5.90. The maximum atomic E-state index is 13.8. The normalized spacial score (nSPS) is 22.6. The predicted octanol–water partition coefficient (Wildman–Crippen LogP) is 4.99. The van der Waals surface area contributed by atoms with E-state index in [0.29, 0.717) is 10.8 Å². The molecule has 21 heavy (non-hydrogen) atoms. The topological polar surface area (TPSA) is 29.9 Å². The molecule has 1 aromatic carbocycles. The molecule has 0 aliphatic heterocycles. The Balaban J connectivity index is 2.09. The number of aromatic amines is 1. The summed E-state index contributed by atoms with van der Waals surface area (Å²) in [5.41, 5.74) is 1.69. The summed E-state index contributed by atoms with van der Waals surface area (Å²) in [6, 6.07) is 3.63. The monoisotopic (exact) mass is 308 g/mol. The van der Waals surface area contributed by atoms with E-state index in [2.05, 4.69) is 16.5 Å². The molecule has 1 aromatic heterocycles. The third-order valence-corrected chi connectivity index (χ3v) is 4.99. The quantitative estimate of drug-likeness (QED) is 0.810. The first-order chi connectivity index (χ1) is 10.1. The van der Waals surface area contributed by atoms with Gasteiger partial charge in [-0.15, -0.1) is 0 Å². The van der Waals surface area contributed by atoms with Crippen molar-refractivity contribution in [2.75, 3.05) is 7.11 Å². The van der Waals surface area contributed by atoms with Crippen LogP contribution in [0.25, 0.3) is 11.0 Å². The number of nitrogens with zero attached hydrogens (tertiary/aromatic N) is 1. The summed E-state index contributed by atoms with van der Waals surface area (Å²) in [4.78, 5) is 3.13. The van der Waals surface area contributed by atoms with Crippen LogP contribution >= 0.6 is 12.2 Å². The van der Waals surface area contributed by atoms with Crippen LogP contribution in [0.5, 0.6) is 5.75 Å². The van der Waals surface area contributed by atoms with Gasteiger partial charge in [-0.25, -0.2) is 4.39 Å². The van der Waals surface area contributed by atoms with Gasteiger partial charge in [-0.2, -0.15) is 0 Å². The number of rotatable bonds is 3. The number of halogens is 1. The third-order valence-electron chi connectivity index (χ3n) is 4.69. The summed E-state index contributed by atoms with van der Waals surface area (Å²) in [5, 5.41) is 0. The van der Waals surface area contributed by atoms with Gasteiger partial charge in [0.1, 0.15) is 0 Å². The van der Waals surface area contributed by atoms with Crippen molar-refractivity contribution < 1.29 is 9.13 Å². The molecule has 114 valence electrons. The van der Waals surface area contributed by atoms with Crippen LogP contribution in [0, 0.1) is 16.5 Å². The first-order valence-corrected chi connectivity index (χ1v) is 8.02. The maximum absolute atomic E-state index is 13.8. The fourth-order valence-corrected chi connectivity index (χ4v) is 3.87. The number of hydrogen-bond donors (Lipinski definition) is 1. The van der Waals surface area contributed by atoms with E-state index in [4.69, 9.17) is 17.0 Å². The fourth-order valence-electron chi connectivity index (χ4n) is 3.51. The van der Waals surface area contributed by atoms with Gasteiger partial charge < -0.3 is 14.3 Å². The van der Waals surface area contributed by atoms with Crippen LogP contribution in [0.3, 0.4) is 0 Å². The average molecular weight is 308 g/mol. The number of ether oxygens (including phenoxy) is 1. The third kappa shape index (κ3) is 2.59. The molecule has 5 heteroatoms. The van der Waals surface area contributed by atoms with E-state index in [0.717, 1.165) is 29.8 Å². The van der Waals surface area contributed by atoms with Crippen molar-refractivity contribution in [1.29, 1.82) is 0 Å². The largest absolute Gasteiger partial charge is 0.494 e. The summed E-state index contributed by atoms with van der Waals surface area (Å²) in [6.45, 7) is 2.25. The lowest BCUT2D eigenvalue weighted by Crippen LogP contribution is -2.19. The van der Waals surface area contributed by atoms with Gasteiger partial charge in [0.25, 0.3) is 0 Å². The zero-order valence-electron chi connectivity index (χ0n) is 12.5. The molecule has 0 saturated heterocycles. The number of benzene rings is 1. The Morgan fingerprint density at radius 3 is 2.95 bits per heavy atom. The molecule has 0 bridgehead atoms. The Hall–Kier alpha value is -1.36. The minimum atomic E-state index is -0.358. The van der Waals surface area contributed by atoms with Crippen LogP contribution in [0.15, 0.2) is 12.1 Å². The molecule has 2 aromatic rings. The van der Waals surface area contributed by atoms with E-state index in [1.165, 1.54) is 32.4 Å². The molecule has 3 rings (SSSR count). The van der Waals surface area contributed by atoms with Crippen molar-refractivity contribution in [3.8, 4) is 5.75 Å². The lowest BCUT2D eigenvalue weighted by Gasteiger charge is -2.29. The summed E-state index contributed by atoms with van der Waals surface area (Å²) < 4.78 is 21.8. The number of hydrogen-bond acceptors (Lipinski definition) is 2. The number of H-pyrrole nitrogens is 1. The summed E-state index contributed by atoms with van der Waals surface area (Å²) >= 11 is 5.48. The SMILES string of the molecule is CCC1CCCC(n2c(=S)[nH]c3cc(F)c(OC)cc32)C1. The molecule has 1 aliphatic rings. The Morgan fingerprint density at radius 1 is 1.43 bits per heavy atom. The smallest absolute Gasteiger partial charge is 0.178 e. The minimum absolute atomic E-state index is 0.271. The van der Waals surface area contributed by atoms with E-state index < -0.39 is 0 Å². The van der Waals surface area contributed by atoms with Crippen LogP contribution in [0.1, 0.15) is 45.1 Å². The van der Waals surface area contributed by atoms with Crippen molar-refractivity contribution in [2.45, 2.75) is 45.1 Å². The van der Waals surface area contributed by atoms with Crippen molar-refractivity contribution in [1.82, 2.24) is 9.55 Å². The molecule has 2 atom stereocenters. The lowest BCUT2D eigenvalue weighted by atomic mass is 9.84. The highest BCUT2D eigenvalue weighted by Gasteiger charge is 2.24. The van der Waals surface area contributed by atoms with E-state index in [9.17, 15) is 4.39 Å².